The molecule has 0 bridgehead atoms. The highest BCUT2D eigenvalue weighted by Crippen LogP contribution is 2.31. The molecular formula is C15H19Cl2N3O2S. The van der Waals surface area contributed by atoms with Crippen LogP contribution in [0.25, 0.3) is 10.6 Å². The van der Waals surface area contributed by atoms with Gasteiger partial charge >= 0.3 is 0 Å². The second kappa shape index (κ2) is 7.66. The number of aromatic nitrogens is 1. The highest BCUT2D eigenvalue weighted by atomic mass is 35.5. The normalized spacial score (nSPS) is 19.3. The highest BCUT2D eigenvalue weighted by Gasteiger charge is 2.28. The summed E-state index contributed by atoms with van der Waals surface area (Å²) in [5.41, 5.74) is 6.31. The SMILES string of the molecule is CC(N)C1CCCN(C(=O)c2cc(-c3ccc(Cl)s3)on2)C1.Cl. The van der Waals surface area contributed by atoms with Gasteiger partial charge in [0, 0.05) is 25.2 Å². The summed E-state index contributed by atoms with van der Waals surface area (Å²) in [5, 5.41) is 3.91. The molecule has 2 unspecified atom stereocenters. The Morgan fingerprint density at radius 1 is 1.57 bits per heavy atom. The smallest absolute Gasteiger partial charge is 0.276 e. The third-order valence-electron chi connectivity index (χ3n) is 4.03. The number of hydrogen-bond acceptors (Lipinski definition) is 5. The Balaban J connectivity index is 0.00000192. The first-order valence-corrected chi connectivity index (χ1v) is 8.51. The molecule has 0 aromatic carbocycles. The van der Waals surface area contributed by atoms with Crippen LogP contribution in [0.5, 0.6) is 0 Å². The van der Waals surface area contributed by atoms with E-state index in [4.69, 9.17) is 21.9 Å². The molecule has 0 spiro atoms. The van der Waals surface area contributed by atoms with Gasteiger partial charge in [-0.1, -0.05) is 16.8 Å². The minimum atomic E-state index is -0.0944. The van der Waals surface area contributed by atoms with Gasteiger partial charge in [0.15, 0.2) is 11.5 Å². The fourth-order valence-electron chi connectivity index (χ4n) is 2.72. The van der Waals surface area contributed by atoms with Crippen LogP contribution in [0.1, 0.15) is 30.3 Å². The van der Waals surface area contributed by atoms with Crippen LogP contribution < -0.4 is 5.73 Å². The third kappa shape index (κ3) is 4.07. The lowest BCUT2D eigenvalue weighted by Gasteiger charge is -2.34. The van der Waals surface area contributed by atoms with E-state index in [1.807, 2.05) is 17.9 Å². The van der Waals surface area contributed by atoms with Crippen molar-refractivity contribution in [3.63, 3.8) is 0 Å². The summed E-state index contributed by atoms with van der Waals surface area (Å²) in [7, 11) is 0. The third-order valence-corrected chi connectivity index (χ3v) is 5.28. The molecule has 1 saturated heterocycles. The number of hydrogen-bond donors (Lipinski definition) is 1. The maximum atomic E-state index is 12.6. The molecule has 3 rings (SSSR count). The van der Waals surface area contributed by atoms with E-state index >= 15 is 0 Å². The molecule has 0 saturated carbocycles. The number of nitrogens with zero attached hydrogens (tertiary/aromatic N) is 2. The van der Waals surface area contributed by atoms with Crippen molar-refractivity contribution in [2.75, 3.05) is 13.1 Å². The van der Waals surface area contributed by atoms with Gasteiger partial charge in [-0.15, -0.1) is 23.7 Å². The minimum absolute atomic E-state index is 0. The zero-order valence-electron chi connectivity index (χ0n) is 12.7. The van der Waals surface area contributed by atoms with Crippen molar-refractivity contribution in [2.45, 2.75) is 25.8 Å². The van der Waals surface area contributed by atoms with Crippen LogP contribution in [-0.2, 0) is 0 Å². The van der Waals surface area contributed by atoms with Crippen molar-refractivity contribution in [3.05, 3.63) is 28.2 Å². The molecular weight excluding hydrogens is 357 g/mol. The van der Waals surface area contributed by atoms with Gasteiger partial charge in [0.05, 0.1) is 9.21 Å². The summed E-state index contributed by atoms with van der Waals surface area (Å²) in [4.78, 5) is 15.2. The lowest BCUT2D eigenvalue weighted by Crippen LogP contribution is -2.45. The fraction of sp³-hybridized carbons (Fsp3) is 0.467. The molecule has 3 heterocycles. The summed E-state index contributed by atoms with van der Waals surface area (Å²) in [6.07, 6.45) is 2.04. The van der Waals surface area contributed by atoms with Crippen LogP contribution in [0, 0.1) is 5.92 Å². The Labute approximate surface area is 150 Å². The summed E-state index contributed by atoms with van der Waals surface area (Å²) in [5.74, 6) is 0.823. The summed E-state index contributed by atoms with van der Waals surface area (Å²) >= 11 is 7.31. The first kappa shape index (κ1) is 18.3. The number of thiophene rings is 1. The van der Waals surface area contributed by atoms with Crippen molar-refractivity contribution in [3.8, 4) is 10.6 Å². The predicted octanol–water partition coefficient (Wildman–Crippen LogP) is 3.68. The van der Waals surface area contributed by atoms with Crippen molar-refractivity contribution in [2.24, 2.45) is 11.7 Å². The van der Waals surface area contributed by atoms with Crippen molar-refractivity contribution in [1.82, 2.24) is 10.1 Å². The molecule has 2 N–H and O–H groups in total. The van der Waals surface area contributed by atoms with Crippen molar-refractivity contribution in [1.29, 1.82) is 0 Å². The number of carbonyl (C=O) groups is 1. The molecule has 5 nitrogen and oxygen atoms in total. The molecule has 1 fully saturated rings. The Bertz CT molecular complexity index is 671. The van der Waals surface area contributed by atoms with Crippen LogP contribution in [0.4, 0.5) is 0 Å². The Hall–Kier alpha value is -1.08. The quantitative estimate of drug-likeness (QED) is 0.887. The molecule has 8 heteroatoms. The standard InChI is InChI=1S/C15H18ClN3O2S.ClH/c1-9(17)10-3-2-6-19(8-10)15(20)11-7-12(21-18-11)13-4-5-14(16)22-13;/h4-5,7,9-10H,2-3,6,8,17H2,1H3;1H. The second-order valence-electron chi connectivity index (χ2n) is 5.69. The Morgan fingerprint density at radius 2 is 2.35 bits per heavy atom. The molecule has 1 aliphatic heterocycles. The largest absolute Gasteiger partial charge is 0.355 e. The van der Waals surface area contributed by atoms with E-state index in [1.165, 1.54) is 11.3 Å². The van der Waals surface area contributed by atoms with Crippen LogP contribution in [0.15, 0.2) is 22.7 Å². The molecule has 0 aliphatic carbocycles. The van der Waals surface area contributed by atoms with E-state index in [2.05, 4.69) is 5.16 Å². The van der Waals surface area contributed by atoms with E-state index in [1.54, 1.807) is 12.1 Å². The van der Waals surface area contributed by atoms with Crippen LogP contribution >= 0.6 is 35.3 Å². The first-order chi connectivity index (χ1) is 10.5. The average molecular weight is 376 g/mol. The van der Waals surface area contributed by atoms with Gasteiger partial charge in [-0.25, -0.2) is 0 Å². The molecule has 1 amide bonds. The van der Waals surface area contributed by atoms with Gasteiger partial charge in [0.25, 0.3) is 5.91 Å². The zero-order chi connectivity index (χ0) is 15.7. The number of halogens is 2. The average Bonchev–Trinajstić information content (AvgIpc) is 3.15. The highest BCUT2D eigenvalue weighted by molar-refractivity contribution is 7.19. The van der Waals surface area contributed by atoms with Crippen molar-refractivity contribution >= 4 is 41.3 Å². The number of nitrogens with two attached hydrogens (primary N) is 1. The maximum Gasteiger partial charge on any atom is 0.276 e. The molecule has 2 atom stereocenters. The van der Waals surface area contributed by atoms with Crippen LogP contribution in [0.2, 0.25) is 4.34 Å². The number of piperidine rings is 1. The Kier molecular flexibility index (Phi) is 6.08. The lowest BCUT2D eigenvalue weighted by molar-refractivity contribution is 0.0650. The lowest BCUT2D eigenvalue weighted by atomic mass is 9.92. The topological polar surface area (TPSA) is 72.4 Å². The molecule has 0 radical (unpaired) electrons. The second-order valence-corrected chi connectivity index (χ2v) is 7.41. The molecule has 2 aromatic heterocycles. The molecule has 23 heavy (non-hydrogen) atoms. The molecule has 126 valence electrons. The number of likely N-dealkylation sites (tertiary alicyclic amines) is 1. The number of carbonyl (C=O) groups excluding carboxylic acids is 1. The maximum absolute atomic E-state index is 12.6. The van der Waals surface area contributed by atoms with Gasteiger partial charge in [-0.2, -0.15) is 0 Å². The zero-order valence-corrected chi connectivity index (χ0v) is 15.1. The van der Waals surface area contributed by atoms with Crippen LogP contribution in [0.3, 0.4) is 0 Å². The Morgan fingerprint density at radius 3 is 3.00 bits per heavy atom. The molecule has 2 aromatic rings. The van der Waals surface area contributed by atoms with E-state index < -0.39 is 0 Å². The summed E-state index contributed by atoms with van der Waals surface area (Å²) < 4.78 is 5.96. The summed E-state index contributed by atoms with van der Waals surface area (Å²) in [6, 6.07) is 5.43. The first-order valence-electron chi connectivity index (χ1n) is 7.32. The van der Waals surface area contributed by atoms with Gasteiger partial charge < -0.3 is 15.2 Å². The fourth-order valence-corrected chi connectivity index (χ4v) is 3.72. The van der Waals surface area contributed by atoms with Crippen molar-refractivity contribution < 1.29 is 9.32 Å². The number of amides is 1. The van der Waals surface area contributed by atoms with Gasteiger partial charge in [-0.3, -0.25) is 4.79 Å². The predicted molar refractivity (Wildman–Crippen MR) is 94.4 cm³/mol. The van der Waals surface area contributed by atoms with E-state index in [0.717, 1.165) is 24.3 Å². The monoisotopic (exact) mass is 375 g/mol. The van der Waals surface area contributed by atoms with Gasteiger partial charge in [-0.05, 0) is 37.8 Å². The van der Waals surface area contributed by atoms with Crippen LogP contribution in [-0.4, -0.2) is 35.1 Å². The van der Waals surface area contributed by atoms with E-state index in [9.17, 15) is 4.79 Å². The minimum Gasteiger partial charge on any atom is -0.355 e. The van der Waals surface area contributed by atoms with E-state index in [0.29, 0.717) is 28.3 Å². The van der Waals surface area contributed by atoms with Gasteiger partial charge in [0.1, 0.15) is 0 Å². The summed E-state index contributed by atoms with van der Waals surface area (Å²) in [6.45, 7) is 3.42. The van der Waals surface area contributed by atoms with Gasteiger partial charge in [0.2, 0.25) is 0 Å². The van der Waals surface area contributed by atoms with E-state index in [-0.39, 0.29) is 24.4 Å². The molecule has 1 aliphatic rings. The number of rotatable bonds is 3.